The zero-order valence-electron chi connectivity index (χ0n) is 15.9. The first-order valence-corrected chi connectivity index (χ1v) is 10.1. The SMILES string of the molecule is CC1CC2(CCC(=O)N2c2cccc(F)c2)CCN1Cc1ccc(O)c(Cl)c1. The average Bonchev–Trinajstić information content (AvgIpc) is 2.96. The third kappa shape index (κ3) is 3.49. The van der Waals surface area contributed by atoms with Crippen LogP contribution in [0.3, 0.4) is 0 Å². The van der Waals surface area contributed by atoms with Gasteiger partial charge >= 0.3 is 0 Å². The number of carbonyl (C=O) groups excluding carboxylic acids is 1. The Morgan fingerprint density at radius 2 is 2.07 bits per heavy atom. The maximum atomic E-state index is 13.8. The molecule has 2 aliphatic rings. The first kappa shape index (κ1) is 19.2. The van der Waals surface area contributed by atoms with Crippen LogP contribution in [0.25, 0.3) is 0 Å². The quantitative estimate of drug-likeness (QED) is 0.806. The highest BCUT2D eigenvalue weighted by Crippen LogP contribution is 2.44. The van der Waals surface area contributed by atoms with Crippen LogP contribution in [0.15, 0.2) is 42.5 Å². The monoisotopic (exact) mass is 402 g/mol. The summed E-state index contributed by atoms with van der Waals surface area (Å²) in [5, 5.41) is 9.97. The summed E-state index contributed by atoms with van der Waals surface area (Å²) in [5.41, 5.74) is 1.47. The van der Waals surface area contributed by atoms with Crippen LogP contribution in [0.2, 0.25) is 5.02 Å². The van der Waals surface area contributed by atoms with Gasteiger partial charge in [0.05, 0.1) is 10.6 Å². The van der Waals surface area contributed by atoms with Crippen LogP contribution in [0.1, 0.15) is 38.2 Å². The molecule has 0 saturated carbocycles. The zero-order chi connectivity index (χ0) is 19.9. The summed E-state index contributed by atoms with van der Waals surface area (Å²) in [5.74, 6) is -0.148. The van der Waals surface area contributed by atoms with Crippen molar-refractivity contribution in [2.45, 2.75) is 50.7 Å². The van der Waals surface area contributed by atoms with Crippen LogP contribution in [0.4, 0.5) is 10.1 Å². The highest BCUT2D eigenvalue weighted by Gasteiger charge is 2.49. The summed E-state index contributed by atoms with van der Waals surface area (Å²) in [4.78, 5) is 16.9. The first-order chi connectivity index (χ1) is 13.4. The van der Waals surface area contributed by atoms with Gasteiger partial charge in [0.25, 0.3) is 0 Å². The molecule has 0 radical (unpaired) electrons. The number of phenols is 1. The van der Waals surface area contributed by atoms with Crippen LogP contribution >= 0.6 is 11.6 Å². The summed E-state index contributed by atoms with van der Waals surface area (Å²) in [6.07, 6.45) is 3.02. The van der Waals surface area contributed by atoms with E-state index < -0.39 is 0 Å². The number of nitrogens with zero attached hydrogens (tertiary/aromatic N) is 2. The predicted octanol–water partition coefficient (Wildman–Crippen LogP) is 4.73. The van der Waals surface area contributed by atoms with Crippen molar-refractivity contribution in [2.75, 3.05) is 11.4 Å². The van der Waals surface area contributed by atoms with E-state index in [-0.39, 0.29) is 29.1 Å². The lowest BCUT2D eigenvalue weighted by atomic mass is 9.81. The smallest absolute Gasteiger partial charge is 0.227 e. The highest BCUT2D eigenvalue weighted by molar-refractivity contribution is 6.32. The Labute approximate surface area is 169 Å². The number of likely N-dealkylation sites (tertiary alicyclic amines) is 1. The molecule has 0 bridgehead atoms. The van der Waals surface area contributed by atoms with E-state index in [1.54, 1.807) is 18.2 Å². The van der Waals surface area contributed by atoms with Gasteiger partial charge in [-0.05, 0) is 62.1 Å². The largest absolute Gasteiger partial charge is 0.506 e. The second kappa shape index (κ2) is 7.37. The summed E-state index contributed by atoms with van der Waals surface area (Å²) >= 11 is 6.04. The van der Waals surface area contributed by atoms with Gasteiger partial charge in [-0.15, -0.1) is 0 Å². The Morgan fingerprint density at radius 3 is 2.79 bits per heavy atom. The Kier molecular flexibility index (Phi) is 5.06. The van der Waals surface area contributed by atoms with Gasteiger partial charge in [0.2, 0.25) is 5.91 Å². The minimum Gasteiger partial charge on any atom is -0.506 e. The van der Waals surface area contributed by atoms with Crippen molar-refractivity contribution < 1.29 is 14.3 Å². The molecule has 2 atom stereocenters. The number of amides is 1. The van der Waals surface area contributed by atoms with E-state index in [1.165, 1.54) is 12.1 Å². The van der Waals surface area contributed by atoms with E-state index in [0.29, 0.717) is 17.1 Å². The molecule has 2 unspecified atom stereocenters. The maximum Gasteiger partial charge on any atom is 0.227 e. The zero-order valence-corrected chi connectivity index (χ0v) is 16.6. The van der Waals surface area contributed by atoms with E-state index in [1.807, 2.05) is 17.0 Å². The fourth-order valence-electron chi connectivity index (χ4n) is 4.76. The van der Waals surface area contributed by atoms with Crippen LogP contribution in [0, 0.1) is 5.82 Å². The van der Waals surface area contributed by atoms with Crippen molar-refractivity contribution in [3.63, 3.8) is 0 Å². The summed E-state index contributed by atoms with van der Waals surface area (Å²) in [7, 11) is 0. The number of benzene rings is 2. The number of piperidine rings is 1. The number of anilines is 1. The van der Waals surface area contributed by atoms with Gasteiger partial charge in [-0.2, -0.15) is 0 Å². The third-order valence-electron chi connectivity index (χ3n) is 6.16. The molecule has 2 heterocycles. The van der Waals surface area contributed by atoms with Crippen molar-refractivity contribution in [2.24, 2.45) is 0 Å². The fraction of sp³-hybridized carbons (Fsp3) is 0.409. The Bertz CT molecular complexity index is 906. The first-order valence-electron chi connectivity index (χ1n) is 9.68. The number of aromatic hydroxyl groups is 1. The van der Waals surface area contributed by atoms with Crippen LogP contribution < -0.4 is 4.90 Å². The lowest BCUT2D eigenvalue weighted by Crippen LogP contribution is -2.56. The number of carbonyl (C=O) groups is 1. The second-order valence-electron chi connectivity index (χ2n) is 7.99. The molecule has 148 valence electrons. The molecule has 0 aliphatic carbocycles. The molecule has 2 fully saturated rings. The van der Waals surface area contributed by atoms with Gasteiger partial charge in [0.1, 0.15) is 11.6 Å². The van der Waals surface area contributed by atoms with Crippen molar-refractivity contribution in [3.05, 3.63) is 58.9 Å². The number of phenolic OH excluding ortho intramolecular Hbond substituents is 1. The van der Waals surface area contributed by atoms with Gasteiger partial charge in [-0.1, -0.05) is 23.7 Å². The Balaban J connectivity index is 1.53. The van der Waals surface area contributed by atoms with Gasteiger partial charge < -0.3 is 10.0 Å². The number of rotatable bonds is 3. The van der Waals surface area contributed by atoms with E-state index in [0.717, 1.165) is 37.9 Å². The lowest BCUT2D eigenvalue weighted by molar-refractivity contribution is -0.117. The highest BCUT2D eigenvalue weighted by atomic mass is 35.5. The van der Waals surface area contributed by atoms with Gasteiger partial charge in [0.15, 0.2) is 0 Å². The summed E-state index contributed by atoms with van der Waals surface area (Å²) < 4.78 is 13.8. The molecule has 4 rings (SSSR count). The molecule has 2 aliphatic heterocycles. The van der Waals surface area contributed by atoms with E-state index >= 15 is 0 Å². The van der Waals surface area contributed by atoms with Gasteiger partial charge in [0, 0.05) is 31.2 Å². The third-order valence-corrected chi connectivity index (χ3v) is 6.46. The van der Waals surface area contributed by atoms with Crippen molar-refractivity contribution >= 4 is 23.2 Å². The molecule has 2 aromatic rings. The summed E-state index contributed by atoms with van der Waals surface area (Å²) in [6, 6.07) is 11.9. The molecular formula is C22H24ClFN2O2. The van der Waals surface area contributed by atoms with Crippen molar-refractivity contribution in [1.29, 1.82) is 0 Å². The van der Waals surface area contributed by atoms with Crippen LogP contribution in [0.5, 0.6) is 5.75 Å². The molecule has 1 amide bonds. The lowest BCUT2D eigenvalue weighted by Gasteiger charge is -2.48. The van der Waals surface area contributed by atoms with E-state index in [4.69, 9.17) is 11.6 Å². The molecular weight excluding hydrogens is 379 g/mol. The second-order valence-corrected chi connectivity index (χ2v) is 8.40. The molecule has 28 heavy (non-hydrogen) atoms. The Hall–Kier alpha value is -2.11. The van der Waals surface area contributed by atoms with Crippen molar-refractivity contribution in [1.82, 2.24) is 4.90 Å². The topological polar surface area (TPSA) is 43.8 Å². The van der Waals surface area contributed by atoms with E-state index in [2.05, 4.69) is 11.8 Å². The molecule has 2 saturated heterocycles. The van der Waals surface area contributed by atoms with Gasteiger partial charge in [-0.25, -0.2) is 4.39 Å². The Morgan fingerprint density at radius 1 is 1.25 bits per heavy atom. The maximum absolute atomic E-state index is 13.8. The predicted molar refractivity (Wildman–Crippen MR) is 108 cm³/mol. The number of halogens is 2. The van der Waals surface area contributed by atoms with Crippen LogP contribution in [-0.2, 0) is 11.3 Å². The van der Waals surface area contributed by atoms with Crippen molar-refractivity contribution in [3.8, 4) is 5.75 Å². The fourth-order valence-corrected chi connectivity index (χ4v) is 4.97. The average molecular weight is 403 g/mol. The molecule has 0 aromatic heterocycles. The number of hydrogen-bond acceptors (Lipinski definition) is 3. The normalized spacial score (nSPS) is 25.6. The molecule has 1 spiro atoms. The molecule has 1 N–H and O–H groups in total. The van der Waals surface area contributed by atoms with Gasteiger partial charge in [-0.3, -0.25) is 9.69 Å². The number of hydrogen-bond donors (Lipinski definition) is 1. The summed E-state index contributed by atoms with van der Waals surface area (Å²) in [6.45, 7) is 3.76. The van der Waals surface area contributed by atoms with Crippen LogP contribution in [-0.4, -0.2) is 34.0 Å². The standard InChI is InChI=1S/C22H24ClFN2O2/c1-15-13-22(8-7-21(28)26(22)18-4-2-3-17(24)12-18)9-10-25(15)14-16-5-6-20(27)19(23)11-16/h2-6,11-12,15,27H,7-10,13-14H2,1H3. The minimum atomic E-state index is -0.318. The molecule has 4 nitrogen and oxygen atoms in total. The molecule has 2 aromatic carbocycles. The molecule has 6 heteroatoms. The van der Waals surface area contributed by atoms with E-state index in [9.17, 15) is 14.3 Å². The minimum absolute atomic E-state index is 0.0802.